The molecule has 1 aliphatic heterocycles. The fraction of sp³-hybridized carbons (Fsp3) is 0.667. The molecule has 0 aliphatic carbocycles. The maximum atomic E-state index is 11.2. The Morgan fingerprint density at radius 2 is 2.26 bits per heavy atom. The van der Waals surface area contributed by atoms with E-state index in [2.05, 4.69) is 5.10 Å². The Morgan fingerprint density at radius 1 is 1.58 bits per heavy atom. The first-order valence-corrected chi connectivity index (χ1v) is 6.68. The van der Waals surface area contributed by atoms with Gasteiger partial charge in [0, 0.05) is 26.1 Å². The summed E-state index contributed by atoms with van der Waals surface area (Å²) in [5.41, 5.74) is 1.55. The van der Waals surface area contributed by atoms with E-state index in [0.717, 1.165) is 11.4 Å². The van der Waals surface area contributed by atoms with E-state index in [1.807, 2.05) is 13.8 Å². The van der Waals surface area contributed by atoms with Crippen molar-refractivity contribution in [1.82, 2.24) is 14.7 Å². The van der Waals surface area contributed by atoms with Crippen molar-refractivity contribution in [2.24, 2.45) is 0 Å². The molecule has 7 heteroatoms. The monoisotopic (exact) mass is 287 g/mol. The zero-order valence-electron chi connectivity index (χ0n) is 11.0. The molecular weight excluding hydrogens is 270 g/mol. The Balaban J connectivity index is 2.23. The van der Waals surface area contributed by atoms with Crippen molar-refractivity contribution in [3.8, 4) is 0 Å². The van der Waals surface area contributed by atoms with E-state index in [-0.39, 0.29) is 6.42 Å². The summed E-state index contributed by atoms with van der Waals surface area (Å²) >= 11 is 6.21. The van der Waals surface area contributed by atoms with Gasteiger partial charge in [0.2, 0.25) is 0 Å². The molecule has 2 rings (SSSR count). The number of hydrogen-bond donors (Lipinski definition) is 2. The third kappa shape index (κ3) is 2.75. The van der Waals surface area contributed by atoms with Crippen LogP contribution in [0, 0.1) is 6.92 Å². The number of β-amino-alcohol motifs (C(OH)–C–C–N with tert-alkyl or cyclic N) is 1. The van der Waals surface area contributed by atoms with Gasteiger partial charge in [-0.2, -0.15) is 5.10 Å². The number of aromatic nitrogens is 2. The van der Waals surface area contributed by atoms with Gasteiger partial charge in [-0.3, -0.25) is 14.4 Å². The summed E-state index contributed by atoms with van der Waals surface area (Å²) in [4.78, 5) is 12.9. The summed E-state index contributed by atoms with van der Waals surface area (Å²) in [6.07, 6.45) is -0.342. The minimum Gasteiger partial charge on any atom is -0.480 e. The number of aliphatic hydroxyl groups excluding tert-OH is 1. The summed E-state index contributed by atoms with van der Waals surface area (Å²) in [6, 6.07) is -0.661. The fourth-order valence-electron chi connectivity index (χ4n) is 2.52. The number of rotatable bonds is 4. The lowest BCUT2D eigenvalue weighted by atomic mass is 10.2. The molecule has 2 unspecified atom stereocenters. The van der Waals surface area contributed by atoms with Gasteiger partial charge in [-0.05, 0) is 13.8 Å². The van der Waals surface area contributed by atoms with Crippen LogP contribution in [0.25, 0.3) is 0 Å². The van der Waals surface area contributed by atoms with Crippen molar-refractivity contribution in [3.05, 3.63) is 16.4 Å². The lowest BCUT2D eigenvalue weighted by Gasteiger charge is -2.21. The molecule has 0 spiro atoms. The van der Waals surface area contributed by atoms with Gasteiger partial charge < -0.3 is 10.2 Å². The number of likely N-dealkylation sites (tertiary alicyclic amines) is 1. The standard InChI is InChI=1S/C12H18ClN3O3/c1-3-16-10(11(13)7(2)14-16)6-15-5-8(17)4-9(15)12(18)19/h8-9,17H,3-6H2,1-2H3,(H,18,19). The molecule has 2 heterocycles. The number of halogens is 1. The molecule has 1 aliphatic rings. The molecular formula is C12H18ClN3O3. The van der Waals surface area contributed by atoms with Crippen molar-refractivity contribution >= 4 is 17.6 Å². The molecule has 0 radical (unpaired) electrons. The minimum absolute atomic E-state index is 0.256. The molecule has 2 N–H and O–H groups in total. The van der Waals surface area contributed by atoms with Crippen LogP contribution in [-0.4, -0.2) is 49.6 Å². The van der Waals surface area contributed by atoms with E-state index in [1.54, 1.807) is 9.58 Å². The largest absolute Gasteiger partial charge is 0.480 e. The summed E-state index contributed by atoms with van der Waals surface area (Å²) in [6.45, 7) is 5.20. The Kier molecular flexibility index (Phi) is 4.13. The number of hydrogen-bond acceptors (Lipinski definition) is 4. The molecule has 0 aromatic carbocycles. The zero-order valence-corrected chi connectivity index (χ0v) is 11.8. The highest BCUT2D eigenvalue weighted by Crippen LogP contribution is 2.26. The number of nitrogens with zero attached hydrogens (tertiary/aromatic N) is 3. The van der Waals surface area contributed by atoms with Crippen molar-refractivity contribution in [1.29, 1.82) is 0 Å². The molecule has 6 nitrogen and oxygen atoms in total. The molecule has 1 aromatic rings. The molecule has 1 fully saturated rings. The molecule has 1 saturated heterocycles. The summed E-state index contributed by atoms with van der Waals surface area (Å²) in [7, 11) is 0. The number of carboxylic acid groups (broad SMARTS) is 1. The summed E-state index contributed by atoms with van der Waals surface area (Å²) in [5.74, 6) is -0.910. The molecule has 106 valence electrons. The smallest absolute Gasteiger partial charge is 0.321 e. The van der Waals surface area contributed by atoms with E-state index in [4.69, 9.17) is 11.6 Å². The van der Waals surface area contributed by atoms with Gasteiger partial charge in [0.05, 0.1) is 22.5 Å². The highest BCUT2D eigenvalue weighted by molar-refractivity contribution is 6.31. The Bertz CT molecular complexity index is 489. The average molecular weight is 288 g/mol. The van der Waals surface area contributed by atoms with Crippen LogP contribution in [0.15, 0.2) is 0 Å². The van der Waals surface area contributed by atoms with Crippen LogP contribution in [0.4, 0.5) is 0 Å². The number of aliphatic carboxylic acids is 1. The van der Waals surface area contributed by atoms with Crippen LogP contribution < -0.4 is 0 Å². The van der Waals surface area contributed by atoms with Crippen LogP contribution in [0.1, 0.15) is 24.7 Å². The van der Waals surface area contributed by atoms with Gasteiger partial charge in [0.25, 0.3) is 0 Å². The third-order valence-electron chi connectivity index (χ3n) is 3.47. The second-order valence-corrected chi connectivity index (χ2v) is 5.21. The minimum atomic E-state index is -0.910. The Labute approximate surface area is 116 Å². The van der Waals surface area contributed by atoms with Crippen molar-refractivity contribution in [3.63, 3.8) is 0 Å². The first-order valence-electron chi connectivity index (χ1n) is 6.30. The number of aryl methyl sites for hydroxylation is 2. The Hall–Kier alpha value is -1.11. The molecule has 19 heavy (non-hydrogen) atoms. The van der Waals surface area contributed by atoms with Crippen LogP contribution in [0.3, 0.4) is 0 Å². The van der Waals surface area contributed by atoms with E-state index >= 15 is 0 Å². The van der Waals surface area contributed by atoms with Crippen molar-refractivity contribution in [2.45, 2.75) is 45.5 Å². The van der Waals surface area contributed by atoms with Gasteiger partial charge in [-0.25, -0.2) is 0 Å². The quantitative estimate of drug-likeness (QED) is 0.860. The van der Waals surface area contributed by atoms with Crippen molar-refractivity contribution < 1.29 is 15.0 Å². The molecule has 2 atom stereocenters. The van der Waals surface area contributed by atoms with Gasteiger partial charge in [0.15, 0.2) is 0 Å². The predicted molar refractivity (Wildman–Crippen MR) is 70.1 cm³/mol. The van der Waals surface area contributed by atoms with E-state index in [0.29, 0.717) is 24.7 Å². The SMILES string of the molecule is CCn1nc(C)c(Cl)c1CN1CC(O)CC1C(=O)O. The van der Waals surface area contributed by atoms with E-state index in [9.17, 15) is 15.0 Å². The van der Waals surface area contributed by atoms with Crippen LogP contribution in [0.5, 0.6) is 0 Å². The fourth-order valence-corrected chi connectivity index (χ4v) is 2.72. The van der Waals surface area contributed by atoms with Gasteiger partial charge in [0.1, 0.15) is 6.04 Å². The van der Waals surface area contributed by atoms with E-state index in [1.165, 1.54) is 0 Å². The predicted octanol–water partition coefficient (Wildman–Crippen LogP) is 0.885. The highest BCUT2D eigenvalue weighted by atomic mass is 35.5. The average Bonchev–Trinajstić information content (AvgIpc) is 2.84. The normalized spacial score (nSPS) is 24.0. The van der Waals surface area contributed by atoms with Gasteiger partial charge >= 0.3 is 5.97 Å². The second-order valence-electron chi connectivity index (χ2n) is 4.83. The molecule has 0 saturated carbocycles. The second kappa shape index (κ2) is 5.48. The Morgan fingerprint density at radius 3 is 2.84 bits per heavy atom. The number of carboxylic acids is 1. The number of aliphatic hydroxyl groups is 1. The molecule has 1 aromatic heterocycles. The summed E-state index contributed by atoms with van der Waals surface area (Å²) < 4.78 is 1.78. The highest BCUT2D eigenvalue weighted by Gasteiger charge is 2.36. The van der Waals surface area contributed by atoms with Crippen LogP contribution in [-0.2, 0) is 17.9 Å². The summed E-state index contributed by atoms with van der Waals surface area (Å²) in [5, 5.41) is 23.7. The van der Waals surface area contributed by atoms with E-state index < -0.39 is 18.1 Å². The number of carbonyl (C=O) groups is 1. The lowest BCUT2D eigenvalue weighted by Crippen LogP contribution is -2.36. The zero-order chi connectivity index (χ0) is 14.2. The lowest BCUT2D eigenvalue weighted by molar-refractivity contribution is -0.142. The molecule has 0 bridgehead atoms. The van der Waals surface area contributed by atoms with Gasteiger partial charge in [-0.15, -0.1) is 0 Å². The van der Waals surface area contributed by atoms with Crippen molar-refractivity contribution in [2.75, 3.05) is 6.54 Å². The first-order chi connectivity index (χ1) is 8.93. The first kappa shape index (κ1) is 14.3. The molecule has 0 amide bonds. The maximum absolute atomic E-state index is 11.2. The third-order valence-corrected chi connectivity index (χ3v) is 3.96. The topological polar surface area (TPSA) is 78.6 Å². The maximum Gasteiger partial charge on any atom is 0.321 e. The van der Waals surface area contributed by atoms with Crippen LogP contribution in [0.2, 0.25) is 5.02 Å². The van der Waals surface area contributed by atoms with Crippen LogP contribution >= 0.6 is 11.6 Å². The van der Waals surface area contributed by atoms with Gasteiger partial charge in [-0.1, -0.05) is 11.6 Å².